The SMILES string of the molecule is CC(C)C(=O)NNC(=O)C(C)(F)F. The fourth-order valence-corrected chi connectivity index (χ4v) is 0.372. The molecule has 0 fully saturated rings. The molecule has 2 N–H and O–H groups in total. The second-order valence-electron chi connectivity index (χ2n) is 2.99. The molecule has 0 aromatic carbocycles. The van der Waals surface area contributed by atoms with Gasteiger partial charge in [-0.05, 0) is 0 Å². The van der Waals surface area contributed by atoms with Gasteiger partial charge < -0.3 is 0 Å². The van der Waals surface area contributed by atoms with Crippen molar-refractivity contribution in [2.45, 2.75) is 26.7 Å². The van der Waals surface area contributed by atoms with Crippen molar-refractivity contribution in [2.75, 3.05) is 0 Å². The van der Waals surface area contributed by atoms with Crippen LogP contribution in [0.5, 0.6) is 0 Å². The largest absolute Gasteiger partial charge is 0.323 e. The third-order valence-corrected chi connectivity index (χ3v) is 1.22. The Hall–Kier alpha value is -1.20. The van der Waals surface area contributed by atoms with Crippen LogP contribution in [0.3, 0.4) is 0 Å². The Morgan fingerprint density at radius 1 is 1.23 bits per heavy atom. The first kappa shape index (κ1) is 11.8. The number of hydrogen-bond acceptors (Lipinski definition) is 2. The number of nitrogens with one attached hydrogen (secondary N) is 2. The Morgan fingerprint density at radius 3 is 2.00 bits per heavy atom. The summed E-state index contributed by atoms with van der Waals surface area (Å²) < 4.78 is 24.4. The molecule has 0 rings (SSSR count). The number of carbonyl (C=O) groups is 2. The van der Waals surface area contributed by atoms with Crippen molar-refractivity contribution in [3.05, 3.63) is 0 Å². The third kappa shape index (κ3) is 4.39. The number of halogens is 2. The molecule has 0 saturated carbocycles. The standard InChI is InChI=1S/C7H12F2N2O2/c1-4(2)5(12)10-11-6(13)7(3,8)9/h4H,1-3H3,(H,10,12)(H,11,13). The van der Waals surface area contributed by atoms with E-state index in [4.69, 9.17) is 0 Å². The maximum absolute atomic E-state index is 12.2. The van der Waals surface area contributed by atoms with Gasteiger partial charge in [0.2, 0.25) is 5.91 Å². The average molecular weight is 194 g/mol. The summed E-state index contributed by atoms with van der Waals surface area (Å²) in [4.78, 5) is 21.3. The number of hydrazine groups is 1. The molecule has 2 amide bonds. The van der Waals surface area contributed by atoms with Gasteiger partial charge in [-0.2, -0.15) is 8.78 Å². The molecule has 0 aliphatic rings. The molecular formula is C7H12F2N2O2. The van der Waals surface area contributed by atoms with Crippen LogP contribution in [0.25, 0.3) is 0 Å². The highest BCUT2D eigenvalue weighted by molar-refractivity contribution is 5.86. The van der Waals surface area contributed by atoms with Crippen LogP contribution in [0, 0.1) is 5.92 Å². The molecule has 0 aromatic rings. The normalized spacial score (nSPS) is 11.2. The van der Waals surface area contributed by atoms with Crippen LogP contribution in [0.2, 0.25) is 0 Å². The Balaban J connectivity index is 3.92. The highest BCUT2D eigenvalue weighted by atomic mass is 19.3. The first-order valence-corrected chi connectivity index (χ1v) is 3.73. The third-order valence-electron chi connectivity index (χ3n) is 1.22. The lowest BCUT2D eigenvalue weighted by molar-refractivity contribution is -0.146. The van der Waals surface area contributed by atoms with Crippen LogP contribution >= 0.6 is 0 Å². The van der Waals surface area contributed by atoms with Gasteiger partial charge >= 0.3 is 11.8 Å². The zero-order valence-corrected chi connectivity index (χ0v) is 7.65. The van der Waals surface area contributed by atoms with Gasteiger partial charge in [0.1, 0.15) is 0 Å². The van der Waals surface area contributed by atoms with Crippen molar-refractivity contribution in [1.29, 1.82) is 0 Å². The minimum atomic E-state index is -3.48. The van der Waals surface area contributed by atoms with Crippen molar-refractivity contribution >= 4 is 11.8 Å². The van der Waals surface area contributed by atoms with E-state index in [1.165, 1.54) is 0 Å². The second-order valence-corrected chi connectivity index (χ2v) is 2.99. The molecule has 0 heterocycles. The van der Waals surface area contributed by atoms with Gasteiger partial charge in [0, 0.05) is 12.8 Å². The van der Waals surface area contributed by atoms with Crippen LogP contribution in [-0.2, 0) is 9.59 Å². The lowest BCUT2D eigenvalue weighted by Crippen LogP contribution is -2.49. The number of rotatable bonds is 2. The second kappa shape index (κ2) is 4.15. The van der Waals surface area contributed by atoms with Gasteiger partial charge in [-0.15, -0.1) is 0 Å². The minimum absolute atomic E-state index is 0.370. The minimum Gasteiger partial charge on any atom is -0.273 e. The summed E-state index contributed by atoms with van der Waals surface area (Å²) in [5, 5.41) is 0. The molecule has 4 nitrogen and oxygen atoms in total. The van der Waals surface area contributed by atoms with Crippen molar-refractivity contribution in [1.82, 2.24) is 10.9 Å². The smallest absolute Gasteiger partial charge is 0.273 e. The molecule has 0 aliphatic heterocycles. The monoisotopic (exact) mass is 194 g/mol. The van der Waals surface area contributed by atoms with Gasteiger partial charge in [0.25, 0.3) is 0 Å². The quantitative estimate of drug-likeness (QED) is 0.627. The lowest BCUT2D eigenvalue weighted by atomic mass is 10.2. The summed E-state index contributed by atoms with van der Waals surface area (Å²) >= 11 is 0. The van der Waals surface area contributed by atoms with E-state index in [2.05, 4.69) is 0 Å². The maximum Gasteiger partial charge on any atom is 0.323 e. The van der Waals surface area contributed by atoms with E-state index in [0.717, 1.165) is 0 Å². The number of hydrogen-bond donors (Lipinski definition) is 2. The molecule has 0 atom stereocenters. The van der Waals surface area contributed by atoms with E-state index >= 15 is 0 Å². The summed E-state index contributed by atoms with van der Waals surface area (Å²) in [6.07, 6.45) is 0. The van der Waals surface area contributed by atoms with E-state index in [-0.39, 0.29) is 5.92 Å². The Morgan fingerprint density at radius 2 is 1.69 bits per heavy atom. The predicted octanol–water partition coefficient (Wildman–Crippen LogP) is 0.445. The summed E-state index contributed by atoms with van der Waals surface area (Å²) in [6, 6.07) is 0. The molecule has 13 heavy (non-hydrogen) atoms. The van der Waals surface area contributed by atoms with Gasteiger partial charge in [0.15, 0.2) is 0 Å². The van der Waals surface area contributed by atoms with Gasteiger partial charge in [-0.3, -0.25) is 20.4 Å². The van der Waals surface area contributed by atoms with Crippen molar-refractivity contribution in [3.63, 3.8) is 0 Å². The average Bonchev–Trinajstić information content (AvgIpc) is 1.97. The number of alkyl halides is 2. The van der Waals surface area contributed by atoms with Gasteiger partial charge in [-0.1, -0.05) is 13.8 Å². The van der Waals surface area contributed by atoms with E-state index in [9.17, 15) is 18.4 Å². The Kier molecular flexibility index (Phi) is 3.77. The van der Waals surface area contributed by atoms with E-state index in [1.54, 1.807) is 19.3 Å². The van der Waals surface area contributed by atoms with Crippen LogP contribution < -0.4 is 10.9 Å². The maximum atomic E-state index is 12.2. The molecule has 6 heteroatoms. The first-order chi connectivity index (χ1) is 5.75. The number of carbonyl (C=O) groups excluding carboxylic acids is 2. The van der Waals surface area contributed by atoms with Crippen LogP contribution in [0.1, 0.15) is 20.8 Å². The van der Waals surface area contributed by atoms with Crippen molar-refractivity contribution in [3.8, 4) is 0 Å². The summed E-state index contributed by atoms with van der Waals surface area (Å²) in [5.41, 5.74) is 3.49. The highest BCUT2D eigenvalue weighted by Crippen LogP contribution is 2.09. The molecule has 0 aliphatic carbocycles. The molecule has 76 valence electrons. The lowest BCUT2D eigenvalue weighted by Gasteiger charge is -2.12. The molecule has 0 bridgehead atoms. The van der Waals surface area contributed by atoms with Crippen molar-refractivity contribution in [2.24, 2.45) is 5.92 Å². The summed E-state index contributed by atoms with van der Waals surface area (Å²) in [6.45, 7) is 3.60. The summed E-state index contributed by atoms with van der Waals surface area (Å²) in [7, 11) is 0. The first-order valence-electron chi connectivity index (χ1n) is 3.73. The van der Waals surface area contributed by atoms with Crippen LogP contribution in [0.15, 0.2) is 0 Å². The Labute approximate surface area is 74.7 Å². The van der Waals surface area contributed by atoms with Gasteiger partial charge in [-0.25, -0.2) is 0 Å². The molecular weight excluding hydrogens is 182 g/mol. The number of amides is 2. The topological polar surface area (TPSA) is 58.2 Å². The molecule has 0 radical (unpaired) electrons. The summed E-state index contributed by atoms with van der Waals surface area (Å²) in [5.74, 6) is -5.89. The van der Waals surface area contributed by atoms with Crippen LogP contribution in [0.4, 0.5) is 8.78 Å². The molecule has 0 saturated heterocycles. The zero-order valence-electron chi connectivity index (χ0n) is 7.65. The van der Waals surface area contributed by atoms with E-state index in [0.29, 0.717) is 6.92 Å². The van der Waals surface area contributed by atoms with E-state index in [1.807, 2.05) is 5.43 Å². The zero-order chi connectivity index (χ0) is 10.6. The fraction of sp³-hybridized carbons (Fsp3) is 0.714. The van der Waals surface area contributed by atoms with Gasteiger partial charge in [0.05, 0.1) is 0 Å². The highest BCUT2D eigenvalue weighted by Gasteiger charge is 2.32. The predicted molar refractivity (Wildman–Crippen MR) is 41.7 cm³/mol. The molecule has 0 aromatic heterocycles. The van der Waals surface area contributed by atoms with Crippen molar-refractivity contribution < 1.29 is 18.4 Å². The fourth-order valence-electron chi connectivity index (χ4n) is 0.372. The molecule has 0 unspecified atom stereocenters. The van der Waals surface area contributed by atoms with E-state index < -0.39 is 17.7 Å². The Bertz CT molecular complexity index is 211. The van der Waals surface area contributed by atoms with Crippen LogP contribution in [-0.4, -0.2) is 17.7 Å². The molecule has 0 spiro atoms.